The van der Waals surface area contributed by atoms with E-state index >= 15 is 0 Å². The first-order valence-electron chi connectivity index (χ1n) is 16.1. The minimum absolute atomic E-state index is 0.707. The zero-order valence-corrected chi connectivity index (χ0v) is 24.0. The van der Waals surface area contributed by atoms with E-state index in [4.69, 9.17) is 4.74 Å². The van der Waals surface area contributed by atoms with Crippen LogP contribution in [0.2, 0.25) is 0 Å². The van der Waals surface area contributed by atoms with Crippen LogP contribution in [0.25, 0.3) is 0 Å². The van der Waals surface area contributed by atoms with Gasteiger partial charge in [0.2, 0.25) is 0 Å². The predicted octanol–water partition coefficient (Wildman–Crippen LogP) is 11.1. The molecular weight excluding hydrogens is 436 g/mol. The van der Waals surface area contributed by atoms with Crippen molar-refractivity contribution in [2.75, 3.05) is 6.61 Å². The van der Waals surface area contributed by atoms with Gasteiger partial charge in [-0.25, -0.2) is 0 Å². The van der Waals surface area contributed by atoms with E-state index in [-0.39, 0.29) is 0 Å². The highest BCUT2D eigenvalue weighted by atomic mass is 16.5. The Kier molecular flexibility index (Phi) is 14.7. The molecule has 0 heterocycles. The second-order valence-corrected chi connectivity index (χ2v) is 12.3. The number of unbranched alkanes of at least 4 members (excludes halogenated alkanes) is 6. The SMILES string of the molecule is CCCCCCCC1CCC(/C=C/COc2ccc(CCC3CCC(CCCCC)CC3)cc2)CC1. The minimum Gasteiger partial charge on any atom is -0.490 e. The topological polar surface area (TPSA) is 9.23 Å². The molecule has 3 rings (SSSR count). The number of hydrogen-bond donors (Lipinski definition) is 0. The molecule has 0 radical (unpaired) electrons. The molecule has 1 aromatic rings. The Hall–Kier alpha value is -1.24. The fourth-order valence-electron chi connectivity index (χ4n) is 6.71. The Morgan fingerprint density at radius 3 is 1.81 bits per heavy atom. The molecule has 1 aromatic carbocycles. The van der Waals surface area contributed by atoms with Crippen LogP contribution in [0.3, 0.4) is 0 Å². The Morgan fingerprint density at radius 1 is 0.639 bits per heavy atom. The number of benzene rings is 1. The molecule has 0 N–H and O–H groups in total. The Morgan fingerprint density at radius 2 is 1.17 bits per heavy atom. The lowest BCUT2D eigenvalue weighted by Gasteiger charge is -2.28. The van der Waals surface area contributed by atoms with Gasteiger partial charge in [-0.05, 0) is 79.9 Å². The quantitative estimate of drug-likeness (QED) is 0.154. The van der Waals surface area contributed by atoms with Gasteiger partial charge in [0.1, 0.15) is 12.4 Å². The Bertz CT molecular complexity index is 673. The lowest BCUT2D eigenvalue weighted by Crippen LogP contribution is -2.15. The molecule has 0 bridgehead atoms. The van der Waals surface area contributed by atoms with Gasteiger partial charge in [0.25, 0.3) is 0 Å². The lowest BCUT2D eigenvalue weighted by atomic mass is 9.78. The van der Waals surface area contributed by atoms with Crippen LogP contribution in [0, 0.1) is 23.7 Å². The van der Waals surface area contributed by atoms with Crippen LogP contribution >= 0.6 is 0 Å². The van der Waals surface area contributed by atoms with Gasteiger partial charge in [0, 0.05) is 0 Å². The van der Waals surface area contributed by atoms with Gasteiger partial charge >= 0.3 is 0 Å². The van der Waals surface area contributed by atoms with Crippen molar-refractivity contribution in [1.82, 2.24) is 0 Å². The highest BCUT2D eigenvalue weighted by molar-refractivity contribution is 5.27. The molecule has 1 nitrogen and oxygen atoms in total. The fraction of sp³-hybridized carbons (Fsp3) is 0.771. The molecule has 0 amide bonds. The molecule has 2 saturated carbocycles. The van der Waals surface area contributed by atoms with Crippen molar-refractivity contribution in [2.24, 2.45) is 23.7 Å². The summed E-state index contributed by atoms with van der Waals surface area (Å²) in [5, 5.41) is 0. The molecule has 2 aliphatic carbocycles. The highest BCUT2D eigenvalue weighted by Crippen LogP contribution is 2.35. The van der Waals surface area contributed by atoms with Crippen molar-refractivity contribution in [2.45, 2.75) is 142 Å². The number of rotatable bonds is 17. The van der Waals surface area contributed by atoms with Gasteiger partial charge in [-0.15, -0.1) is 0 Å². The summed E-state index contributed by atoms with van der Waals surface area (Å²) in [5.74, 6) is 4.77. The van der Waals surface area contributed by atoms with Crippen molar-refractivity contribution in [1.29, 1.82) is 0 Å². The van der Waals surface area contributed by atoms with E-state index in [2.05, 4.69) is 50.3 Å². The average molecular weight is 495 g/mol. The molecular formula is C35H58O. The lowest BCUT2D eigenvalue weighted by molar-refractivity contribution is 0.249. The predicted molar refractivity (Wildman–Crippen MR) is 158 cm³/mol. The van der Waals surface area contributed by atoms with Gasteiger partial charge in [-0.1, -0.05) is 128 Å². The fourth-order valence-corrected chi connectivity index (χ4v) is 6.71. The number of hydrogen-bond acceptors (Lipinski definition) is 1. The molecule has 204 valence electrons. The third kappa shape index (κ3) is 11.9. The van der Waals surface area contributed by atoms with Crippen LogP contribution in [0.1, 0.15) is 141 Å². The first-order chi connectivity index (χ1) is 17.8. The number of allylic oxidation sites excluding steroid dienone is 1. The van der Waals surface area contributed by atoms with Crippen LogP contribution in [0.5, 0.6) is 5.75 Å². The zero-order valence-electron chi connectivity index (χ0n) is 24.0. The third-order valence-corrected chi connectivity index (χ3v) is 9.31. The molecule has 1 heteroatoms. The van der Waals surface area contributed by atoms with Gasteiger partial charge in [0.15, 0.2) is 0 Å². The van der Waals surface area contributed by atoms with Gasteiger partial charge in [-0.2, -0.15) is 0 Å². The summed E-state index contributed by atoms with van der Waals surface area (Å²) in [7, 11) is 0. The largest absolute Gasteiger partial charge is 0.490 e. The van der Waals surface area contributed by atoms with Crippen molar-refractivity contribution in [3.05, 3.63) is 42.0 Å². The molecule has 0 aliphatic heterocycles. The summed E-state index contributed by atoms with van der Waals surface area (Å²) in [6.45, 7) is 5.32. The molecule has 2 fully saturated rings. The summed E-state index contributed by atoms with van der Waals surface area (Å²) >= 11 is 0. The Labute approximate surface area is 224 Å². The maximum atomic E-state index is 6.02. The summed E-state index contributed by atoms with van der Waals surface area (Å²) in [4.78, 5) is 0. The maximum Gasteiger partial charge on any atom is 0.119 e. The van der Waals surface area contributed by atoms with E-state index in [1.54, 1.807) is 0 Å². The van der Waals surface area contributed by atoms with E-state index in [9.17, 15) is 0 Å². The van der Waals surface area contributed by atoms with Crippen LogP contribution in [-0.2, 0) is 6.42 Å². The van der Waals surface area contributed by atoms with Gasteiger partial charge in [-0.3, -0.25) is 0 Å². The summed E-state index contributed by atoms with van der Waals surface area (Å²) < 4.78 is 6.02. The van der Waals surface area contributed by atoms with Gasteiger partial charge in [0.05, 0.1) is 0 Å². The van der Waals surface area contributed by atoms with E-state index in [1.165, 1.54) is 134 Å². The number of ether oxygens (including phenoxy) is 1. The summed E-state index contributed by atoms with van der Waals surface area (Å²) in [6, 6.07) is 8.94. The smallest absolute Gasteiger partial charge is 0.119 e. The molecule has 0 unspecified atom stereocenters. The van der Waals surface area contributed by atoms with Crippen LogP contribution in [-0.4, -0.2) is 6.61 Å². The van der Waals surface area contributed by atoms with E-state index in [0.717, 1.165) is 29.4 Å². The van der Waals surface area contributed by atoms with Crippen LogP contribution in [0.4, 0.5) is 0 Å². The molecule has 0 saturated heterocycles. The molecule has 0 spiro atoms. The van der Waals surface area contributed by atoms with Crippen LogP contribution in [0.15, 0.2) is 36.4 Å². The maximum absolute atomic E-state index is 6.02. The first kappa shape index (κ1) is 29.3. The van der Waals surface area contributed by atoms with Crippen molar-refractivity contribution in [3.8, 4) is 5.75 Å². The normalized spacial score (nSPS) is 24.8. The Balaban J connectivity index is 1.22. The molecule has 0 aromatic heterocycles. The van der Waals surface area contributed by atoms with Crippen molar-refractivity contribution in [3.63, 3.8) is 0 Å². The zero-order chi connectivity index (χ0) is 25.3. The first-order valence-corrected chi connectivity index (χ1v) is 16.1. The monoisotopic (exact) mass is 494 g/mol. The second-order valence-electron chi connectivity index (χ2n) is 12.3. The minimum atomic E-state index is 0.707. The number of aryl methyl sites for hydroxylation is 1. The van der Waals surface area contributed by atoms with Gasteiger partial charge < -0.3 is 4.74 Å². The van der Waals surface area contributed by atoms with Crippen LogP contribution < -0.4 is 4.74 Å². The van der Waals surface area contributed by atoms with E-state index in [0.29, 0.717) is 6.61 Å². The second kappa shape index (κ2) is 18.1. The van der Waals surface area contributed by atoms with Crippen molar-refractivity contribution < 1.29 is 4.74 Å². The highest BCUT2D eigenvalue weighted by Gasteiger charge is 2.21. The summed E-state index contributed by atoms with van der Waals surface area (Å²) in [6.07, 6.45) is 33.1. The molecule has 36 heavy (non-hydrogen) atoms. The third-order valence-electron chi connectivity index (χ3n) is 9.31. The van der Waals surface area contributed by atoms with E-state index in [1.807, 2.05) is 0 Å². The van der Waals surface area contributed by atoms with E-state index < -0.39 is 0 Å². The molecule has 0 atom stereocenters. The average Bonchev–Trinajstić information content (AvgIpc) is 2.92. The summed E-state index contributed by atoms with van der Waals surface area (Å²) in [5.41, 5.74) is 1.48. The molecule has 2 aliphatic rings. The van der Waals surface area contributed by atoms with Crippen molar-refractivity contribution >= 4 is 0 Å². The standard InChI is InChI=1S/C35H58O/c1-3-5-7-8-10-13-31-15-17-32(18-16-31)14-11-29-36-35-27-25-34(26-28-35)24-23-33-21-19-30(20-22-33)12-9-6-4-2/h11,14,25-28,30-33H,3-10,12-13,15-24,29H2,1-2H3/b14-11+.